The van der Waals surface area contributed by atoms with Crippen molar-refractivity contribution in [3.63, 3.8) is 0 Å². The van der Waals surface area contributed by atoms with Gasteiger partial charge in [-0.2, -0.15) is 0 Å². The first-order valence-corrected chi connectivity index (χ1v) is 18.8. The molecular formula is C50H28O2S. The molecule has 3 heterocycles. The monoisotopic (exact) mass is 692 g/mol. The van der Waals surface area contributed by atoms with Crippen LogP contribution in [-0.4, -0.2) is 0 Å². The Morgan fingerprint density at radius 1 is 0.358 bits per heavy atom. The highest BCUT2D eigenvalue weighted by Gasteiger charge is 2.26. The first kappa shape index (κ1) is 29.0. The lowest BCUT2D eigenvalue weighted by Crippen LogP contribution is -1.92. The van der Waals surface area contributed by atoms with Crippen molar-refractivity contribution < 1.29 is 8.83 Å². The Morgan fingerprint density at radius 3 is 1.75 bits per heavy atom. The quantitative estimate of drug-likeness (QED) is 0.172. The maximum Gasteiger partial charge on any atom is 0.143 e. The number of benzene rings is 9. The zero-order chi connectivity index (χ0) is 34.6. The number of thiophene rings is 1. The Kier molecular flexibility index (Phi) is 5.96. The smallest absolute Gasteiger partial charge is 0.143 e. The SMILES string of the molecule is c1ccc(-c2coc3c(-c4c5ccccc5c(-c5cccc6c5oc5c7ccccc7ccc65)c5ccccc45)c4c(cc23)sc2ccccc24)cc1. The molecule has 0 amide bonds. The summed E-state index contributed by atoms with van der Waals surface area (Å²) in [5.41, 5.74) is 9.61. The molecule has 246 valence electrons. The molecule has 0 aliphatic carbocycles. The van der Waals surface area contributed by atoms with Crippen LogP contribution in [0.25, 0.3) is 119 Å². The minimum atomic E-state index is 0.911. The average Bonchev–Trinajstić information content (AvgIpc) is 3.93. The van der Waals surface area contributed by atoms with Crippen LogP contribution in [0, 0.1) is 0 Å². The molecule has 3 heteroatoms. The molecule has 0 atom stereocenters. The highest BCUT2D eigenvalue weighted by Crippen LogP contribution is 2.52. The van der Waals surface area contributed by atoms with E-state index in [1.807, 2.05) is 17.6 Å². The fourth-order valence-electron chi connectivity index (χ4n) is 8.86. The molecule has 12 aromatic rings. The van der Waals surface area contributed by atoms with Crippen LogP contribution in [0.3, 0.4) is 0 Å². The third kappa shape index (κ3) is 4.03. The molecule has 0 fully saturated rings. The van der Waals surface area contributed by atoms with Crippen molar-refractivity contribution in [3.05, 3.63) is 170 Å². The molecule has 3 aromatic heterocycles. The zero-order valence-corrected chi connectivity index (χ0v) is 29.2. The Morgan fingerprint density at radius 2 is 0.981 bits per heavy atom. The van der Waals surface area contributed by atoms with Crippen LogP contribution in [-0.2, 0) is 0 Å². The van der Waals surface area contributed by atoms with E-state index in [4.69, 9.17) is 8.83 Å². The van der Waals surface area contributed by atoms with Crippen molar-refractivity contribution in [3.8, 4) is 33.4 Å². The number of hydrogen-bond acceptors (Lipinski definition) is 3. The molecule has 0 bridgehead atoms. The molecule has 0 spiro atoms. The van der Waals surface area contributed by atoms with Gasteiger partial charge in [-0.05, 0) is 50.7 Å². The van der Waals surface area contributed by atoms with Gasteiger partial charge < -0.3 is 8.83 Å². The highest BCUT2D eigenvalue weighted by molar-refractivity contribution is 7.26. The van der Waals surface area contributed by atoms with Crippen LogP contribution in [0.2, 0.25) is 0 Å². The maximum absolute atomic E-state index is 6.95. The van der Waals surface area contributed by atoms with Gasteiger partial charge in [-0.1, -0.05) is 146 Å². The fraction of sp³-hybridized carbons (Fsp3) is 0. The minimum absolute atomic E-state index is 0.911. The van der Waals surface area contributed by atoms with Gasteiger partial charge in [-0.15, -0.1) is 11.3 Å². The summed E-state index contributed by atoms with van der Waals surface area (Å²) in [6.45, 7) is 0. The summed E-state index contributed by atoms with van der Waals surface area (Å²) in [6, 6.07) is 59.0. The van der Waals surface area contributed by atoms with Crippen molar-refractivity contribution in [1.29, 1.82) is 0 Å². The molecule has 12 rings (SSSR count). The van der Waals surface area contributed by atoms with Crippen LogP contribution in [0.1, 0.15) is 0 Å². The predicted octanol–water partition coefficient (Wildman–Crippen LogP) is 15.2. The molecule has 0 radical (unpaired) electrons. The summed E-state index contributed by atoms with van der Waals surface area (Å²) >= 11 is 1.85. The second-order valence-electron chi connectivity index (χ2n) is 13.9. The lowest BCUT2D eigenvalue weighted by atomic mass is 9.84. The summed E-state index contributed by atoms with van der Waals surface area (Å²) in [6.07, 6.45) is 1.94. The Hall–Kier alpha value is -6.68. The van der Waals surface area contributed by atoms with Crippen molar-refractivity contribution >= 4 is 96.7 Å². The van der Waals surface area contributed by atoms with Crippen molar-refractivity contribution in [2.45, 2.75) is 0 Å². The van der Waals surface area contributed by atoms with Gasteiger partial charge in [0.05, 0.1) is 6.26 Å². The standard InChI is InChI=1S/C50H28O2S/c1-2-13-29(14-3-1)41-28-51-50-40(41)27-43-46(38-21-10-11-24-42(38)53-43)47(50)45-34-19-8-6-17-32(34)44(33-18-7-9-20-35(33)45)39-23-12-22-36-37-26-25-30-15-4-5-16-31(30)48(37)52-49(36)39/h1-28H. The number of rotatable bonds is 3. The molecular weight excluding hydrogens is 665 g/mol. The van der Waals surface area contributed by atoms with Crippen molar-refractivity contribution in [2.24, 2.45) is 0 Å². The molecule has 0 N–H and O–H groups in total. The highest BCUT2D eigenvalue weighted by atomic mass is 32.1. The van der Waals surface area contributed by atoms with Crippen LogP contribution in [0.5, 0.6) is 0 Å². The summed E-state index contributed by atoms with van der Waals surface area (Å²) < 4.78 is 16.2. The molecule has 0 aliphatic heterocycles. The summed E-state index contributed by atoms with van der Waals surface area (Å²) in [5.74, 6) is 0. The normalized spacial score (nSPS) is 12.2. The van der Waals surface area contributed by atoms with E-state index in [0.29, 0.717) is 0 Å². The first-order valence-electron chi connectivity index (χ1n) is 18.0. The third-order valence-electron chi connectivity index (χ3n) is 11.1. The second-order valence-corrected chi connectivity index (χ2v) is 15.0. The lowest BCUT2D eigenvalue weighted by molar-refractivity contribution is 0.618. The van der Waals surface area contributed by atoms with Gasteiger partial charge in [0.25, 0.3) is 0 Å². The van der Waals surface area contributed by atoms with Gasteiger partial charge >= 0.3 is 0 Å². The van der Waals surface area contributed by atoms with Crippen molar-refractivity contribution in [2.75, 3.05) is 0 Å². The van der Waals surface area contributed by atoms with Gasteiger partial charge in [0.1, 0.15) is 16.7 Å². The van der Waals surface area contributed by atoms with Crippen molar-refractivity contribution in [1.82, 2.24) is 0 Å². The largest absolute Gasteiger partial charge is 0.463 e. The Bertz CT molecular complexity index is 3390. The number of furan rings is 2. The van der Waals surface area contributed by atoms with E-state index in [2.05, 4.69) is 164 Å². The number of fused-ring (bicyclic) bond motifs is 11. The molecule has 9 aromatic carbocycles. The van der Waals surface area contributed by atoms with E-state index in [1.54, 1.807) is 0 Å². The summed E-state index contributed by atoms with van der Waals surface area (Å²) in [4.78, 5) is 0. The zero-order valence-electron chi connectivity index (χ0n) is 28.4. The Labute approximate surface area is 307 Å². The molecule has 0 aliphatic rings. The third-order valence-corrected chi connectivity index (χ3v) is 12.2. The molecule has 0 saturated heterocycles. The minimum Gasteiger partial charge on any atom is -0.463 e. The van der Waals surface area contributed by atoms with E-state index >= 15 is 0 Å². The van der Waals surface area contributed by atoms with Gasteiger partial charge in [0.15, 0.2) is 0 Å². The van der Waals surface area contributed by atoms with E-state index in [-0.39, 0.29) is 0 Å². The summed E-state index contributed by atoms with van der Waals surface area (Å²) in [7, 11) is 0. The first-order chi connectivity index (χ1) is 26.3. The van der Waals surface area contributed by atoms with E-state index in [9.17, 15) is 0 Å². The molecule has 0 saturated carbocycles. The van der Waals surface area contributed by atoms with Crippen LogP contribution in [0.4, 0.5) is 0 Å². The average molecular weight is 693 g/mol. The van der Waals surface area contributed by atoms with Gasteiger partial charge in [0, 0.05) is 69.5 Å². The second kappa shape index (κ2) is 10.9. The fourth-order valence-corrected chi connectivity index (χ4v) is 10.0. The molecule has 53 heavy (non-hydrogen) atoms. The van der Waals surface area contributed by atoms with Crippen LogP contribution in [0.15, 0.2) is 179 Å². The van der Waals surface area contributed by atoms with E-state index < -0.39 is 0 Å². The maximum atomic E-state index is 6.95. The predicted molar refractivity (Wildman–Crippen MR) is 225 cm³/mol. The Balaban J connectivity index is 1.25. The van der Waals surface area contributed by atoms with E-state index in [1.165, 1.54) is 58.2 Å². The summed E-state index contributed by atoms with van der Waals surface area (Å²) in [5, 5.41) is 12.9. The molecule has 0 unspecified atom stereocenters. The van der Waals surface area contributed by atoms with Gasteiger partial charge in [0.2, 0.25) is 0 Å². The van der Waals surface area contributed by atoms with Crippen LogP contribution < -0.4 is 0 Å². The number of hydrogen-bond donors (Lipinski definition) is 0. The van der Waals surface area contributed by atoms with Gasteiger partial charge in [-0.25, -0.2) is 0 Å². The lowest BCUT2D eigenvalue weighted by Gasteiger charge is -2.19. The van der Waals surface area contributed by atoms with E-state index in [0.717, 1.165) is 60.5 Å². The topological polar surface area (TPSA) is 26.3 Å². The van der Waals surface area contributed by atoms with Crippen LogP contribution >= 0.6 is 11.3 Å². The molecule has 2 nitrogen and oxygen atoms in total. The van der Waals surface area contributed by atoms with Gasteiger partial charge in [-0.3, -0.25) is 0 Å². The number of para-hydroxylation sites is 1.